The number of allylic oxidation sites excluding steroid dienone is 2. The standard InChI is InChI=1S/C28H31N7O/c1-8-23(36)33-26-15(2)9-10-20(17(26)4)25-24-16(3)21(22(12-30-6)18(5)29)13-31-28(24)34-27(25)19-11-32-35(7)14-19/h8-14H,1,29H2,2-7H3,(H,31,34)(H,33,36)/b22-18+,30-12?. The number of carbonyl (C=O) groups excluding carboxylic acids is 1. The largest absolute Gasteiger partial charge is 0.402 e. The Balaban J connectivity index is 2.12. The van der Waals surface area contributed by atoms with Crippen molar-refractivity contribution in [3.63, 3.8) is 0 Å². The number of aromatic nitrogens is 4. The van der Waals surface area contributed by atoms with Crippen molar-refractivity contribution in [2.75, 3.05) is 12.4 Å². The number of benzene rings is 1. The number of aromatic amines is 1. The Morgan fingerprint density at radius 1 is 1.22 bits per heavy atom. The van der Waals surface area contributed by atoms with Crippen molar-refractivity contribution in [2.45, 2.75) is 27.7 Å². The molecule has 0 saturated heterocycles. The fraction of sp³-hybridized carbons (Fsp3) is 0.214. The van der Waals surface area contributed by atoms with Crippen molar-refractivity contribution in [2.24, 2.45) is 17.8 Å². The number of amides is 1. The maximum Gasteiger partial charge on any atom is 0.247 e. The van der Waals surface area contributed by atoms with E-state index in [1.54, 1.807) is 17.9 Å². The van der Waals surface area contributed by atoms with Gasteiger partial charge in [0, 0.05) is 71.7 Å². The van der Waals surface area contributed by atoms with Crippen LogP contribution in [0.4, 0.5) is 5.69 Å². The van der Waals surface area contributed by atoms with Gasteiger partial charge in [0.2, 0.25) is 5.91 Å². The Kier molecular flexibility index (Phi) is 6.61. The first-order valence-electron chi connectivity index (χ1n) is 11.6. The molecule has 0 aliphatic carbocycles. The van der Waals surface area contributed by atoms with Crippen molar-refractivity contribution in [1.82, 2.24) is 19.7 Å². The molecule has 4 N–H and O–H groups in total. The molecular weight excluding hydrogens is 450 g/mol. The average molecular weight is 482 g/mol. The van der Waals surface area contributed by atoms with Crippen LogP contribution < -0.4 is 11.1 Å². The topological polar surface area (TPSA) is 114 Å². The van der Waals surface area contributed by atoms with E-state index in [1.807, 2.05) is 52.5 Å². The molecule has 8 nitrogen and oxygen atoms in total. The van der Waals surface area contributed by atoms with Gasteiger partial charge in [-0.3, -0.25) is 14.5 Å². The van der Waals surface area contributed by atoms with Crippen LogP contribution in [0.25, 0.3) is 39.0 Å². The molecule has 0 unspecified atom stereocenters. The van der Waals surface area contributed by atoms with E-state index in [9.17, 15) is 4.79 Å². The highest BCUT2D eigenvalue weighted by molar-refractivity contribution is 6.14. The molecule has 184 valence electrons. The molecular formula is C28H31N7O. The third kappa shape index (κ3) is 4.22. The monoisotopic (exact) mass is 481 g/mol. The number of pyridine rings is 1. The zero-order valence-corrected chi connectivity index (χ0v) is 21.5. The third-order valence-electron chi connectivity index (χ3n) is 6.42. The Hall–Kier alpha value is -4.46. The van der Waals surface area contributed by atoms with E-state index < -0.39 is 0 Å². The number of hydrogen-bond donors (Lipinski definition) is 3. The minimum Gasteiger partial charge on any atom is -0.402 e. The number of nitrogens with zero attached hydrogens (tertiary/aromatic N) is 4. The lowest BCUT2D eigenvalue weighted by atomic mass is 9.90. The maximum absolute atomic E-state index is 12.2. The van der Waals surface area contributed by atoms with Crippen LogP contribution in [0, 0.1) is 20.8 Å². The van der Waals surface area contributed by atoms with Gasteiger partial charge in [0.25, 0.3) is 0 Å². The number of fused-ring (bicyclic) bond motifs is 1. The molecule has 3 heterocycles. The highest BCUT2D eigenvalue weighted by atomic mass is 16.1. The third-order valence-corrected chi connectivity index (χ3v) is 6.42. The smallest absolute Gasteiger partial charge is 0.247 e. The molecule has 0 bridgehead atoms. The first-order chi connectivity index (χ1) is 17.2. The second-order valence-corrected chi connectivity index (χ2v) is 8.91. The number of nitrogens with one attached hydrogen (secondary N) is 2. The van der Waals surface area contributed by atoms with Crippen molar-refractivity contribution in [3.05, 3.63) is 71.3 Å². The van der Waals surface area contributed by atoms with Gasteiger partial charge in [-0.15, -0.1) is 0 Å². The van der Waals surface area contributed by atoms with Gasteiger partial charge < -0.3 is 16.0 Å². The lowest BCUT2D eigenvalue weighted by Gasteiger charge is -2.17. The number of aliphatic imine (C=N–C) groups is 1. The molecule has 4 rings (SSSR count). The highest BCUT2D eigenvalue weighted by Gasteiger charge is 2.23. The molecule has 1 amide bonds. The van der Waals surface area contributed by atoms with Gasteiger partial charge in [-0.05, 0) is 56.0 Å². The predicted octanol–water partition coefficient (Wildman–Crippen LogP) is 5.07. The zero-order valence-electron chi connectivity index (χ0n) is 21.5. The molecule has 4 aromatic rings. The van der Waals surface area contributed by atoms with Gasteiger partial charge in [-0.25, -0.2) is 4.98 Å². The summed E-state index contributed by atoms with van der Waals surface area (Å²) in [6.45, 7) is 11.5. The molecule has 0 spiro atoms. The van der Waals surface area contributed by atoms with E-state index in [4.69, 9.17) is 10.7 Å². The first-order valence-corrected chi connectivity index (χ1v) is 11.6. The molecule has 0 radical (unpaired) electrons. The van der Waals surface area contributed by atoms with Crippen LogP contribution in [0.15, 0.2) is 54.1 Å². The van der Waals surface area contributed by atoms with Gasteiger partial charge in [-0.1, -0.05) is 18.7 Å². The number of nitrogens with two attached hydrogens (primary N) is 1. The summed E-state index contributed by atoms with van der Waals surface area (Å²) in [6.07, 6.45) is 8.66. The molecule has 0 fully saturated rings. The SMILES string of the molecule is C=CC(=O)Nc1c(C)ccc(-c2c(-c3cnn(C)c3)[nH]c3ncc(/C(C=NC)=C(\C)N)c(C)c23)c1C. The van der Waals surface area contributed by atoms with E-state index in [0.717, 1.165) is 66.9 Å². The van der Waals surface area contributed by atoms with Gasteiger partial charge >= 0.3 is 0 Å². The molecule has 36 heavy (non-hydrogen) atoms. The number of aryl methyl sites for hydroxylation is 3. The molecule has 1 aromatic carbocycles. The van der Waals surface area contributed by atoms with Crippen LogP contribution in [0.3, 0.4) is 0 Å². The lowest BCUT2D eigenvalue weighted by Crippen LogP contribution is -2.10. The molecule has 0 atom stereocenters. The second kappa shape index (κ2) is 9.65. The summed E-state index contributed by atoms with van der Waals surface area (Å²) in [6, 6.07) is 4.10. The summed E-state index contributed by atoms with van der Waals surface area (Å²) >= 11 is 0. The summed E-state index contributed by atoms with van der Waals surface area (Å²) in [4.78, 5) is 24.7. The normalized spacial score (nSPS) is 12.3. The van der Waals surface area contributed by atoms with Crippen molar-refractivity contribution in [3.8, 4) is 22.4 Å². The Labute approximate surface area is 210 Å². The summed E-state index contributed by atoms with van der Waals surface area (Å²) in [5.41, 5.74) is 16.9. The minimum absolute atomic E-state index is 0.253. The van der Waals surface area contributed by atoms with Crippen LogP contribution in [0.5, 0.6) is 0 Å². The van der Waals surface area contributed by atoms with Gasteiger partial charge in [0.1, 0.15) is 5.65 Å². The van der Waals surface area contributed by atoms with Gasteiger partial charge in [0.05, 0.1) is 11.9 Å². The number of hydrogen-bond acceptors (Lipinski definition) is 5. The quantitative estimate of drug-likeness (QED) is 0.263. The zero-order chi connectivity index (χ0) is 26.1. The highest BCUT2D eigenvalue weighted by Crippen LogP contribution is 2.43. The predicted molar refractivity (Wildman–Crippen MR) is 148 cm³/mol. The number of carbonyl (C=O) groups is 1. The van der Waals surface area contributed by atoms with Gasteiger partial charge in [0.15, 0.2) is 0 Å². The van der Waals surface area contributed by atoms with E-state index in [2.05, 4.69) is 40.0 Å². The lowest BCUT2D eigenvalue weighted by molar-refractivity contribution is -0.111. The molecule has 0 aliphatic rings. The van der Waals surface area contributed by atoms with Crippen molar-refractivity contribution >= 4 is 34.4 Å². The molecule has 0 saturated carbocycles. The van der Waals surface area contributed by atoms with Crippen molar-refractivity contribution in [1.29, 1.82) is 0 Å². The number of rotatable bonds is 6. The summed E-state index contributed by atoms with van der Waals surface area (Å²) in [7, 11) is 3.61. The van der Waals surface area contributed by atoms with Crippen LogP contribution in [-0.2, 0) is 11.8 Å². The van der Waals surface area contributed by atoms with Crippen LogP contribution in [-0.4, -0.2) is 38.9 Å². The average Bonchev–Trinajstić information content (AvgIpc) is 3.44. The Morgan fingerprint density at radius 2 is 1.97 bits per heavy atom. The summed E-state index contributed by atoms with van der Waals surface area (Å²) < 4.78 is 1.77. The van der Waals surface area contributed by atoms with E-state index in [0.29, 0.717) is 5.70 Å². The van der Waals surface area contributed by atoms with Crippen LogP contribution in [0.2, 0.25) is 0 Å². The number of anilines is 1. The Bertz CT molecular complexity index is 1560. The van der Waals surface area contributed by atoms with Gasteiger partial charge in [-0.2, -0.15) is 5.10 Å². The van der Waals surface area contributed by atoms with E-state index >= 15 is 0 Å². The second-order valence-electron chi connectivity index (χ2n) is 8.91. The summed E-state index contributed by atoms with van der Waals surface area (Å²) in [5, 5.41) is 8.34. The van der Waals surface area contributed by atoms with Crippen LogP contribution in [0.1, 0.15) is 29.2 Å². The molecule has 3 aromatic heterocycles. The summed E-state index contributed by atoms with van der Waals surface area (Å²) in [5.74, 6) is -0.253. The fourth-order valence-electron chi connectivity index (χ4n) is 4.61. The first kappa shape index (κ1) is 24.7. The van der Waals surface area contributed by atoms with Crippen molar-refractivity contribution < 1.29 is 4.79 Å². The minimum atomic E-state index is -0.253. The Morgan fingerprint density at radius 3 is 2.58 bits per heavy atom. The van der Waals surface area contributed by atoms with E-state index in [1.165, 1.54) is 6.08 Å². The number of H-pyrrole nitrogens is 1. The molecule has 8 heteroatoms. The van der Waals surface area contributed by atoms with Crippen LogP contribution >= 0.6 is 0 Å². The fourth-order valence-corrected chi connectivity index (χ4v) is 4.61. The maximum atomic E-state index is 12.2. The van der Waals surface area contributed by atoms with E-state index in [-0.39, 0.29) is 5.91 Å². The molecule has 0 aliphatic heterocycles.